The van der Waals surface area contributed by atoms with Crippen LogP contribution < -0.4 is 0 Å². The van der Waals surface area contributed by atoms with Crippen molar-refractivity contribution in [2.24, 2.45) is 0 Å². The van der Waals surface area contributed by atoms with Crippen LogP contribution in [0.1, 0.15) is 6.92 Å². The summed E-state index contributed by atoms with van der Waals surface area (Å²) in [4.78, 5) is 1.52. The van der Waals surface area contributed by atoms with E-state index in [4.69, 9.17) is 10.4 Å². The SMILES string of the molecule is CCN(C)C(=S)N(O)O. The number of hydroxylamine groups is 2. The molecule has 2 N–H and O–H groups in total. The summed E-state index contributed by atoms with van der Waals surface area (Å²) in [7, 11) is 1.67. The summed E-state index contributed by atoms with van der Waals surface area (Å²) in [5.41, 5.74) is 0. The fourth-order valence-corrected chi connectivity index (χ4v) is 0.417. The first-order chi connectivity index (χ1) is 4.09. The van der Waals surface area contributed by atoms with Gasteiger partial charge in [0.05, 0.1) is 0 Å². The smallest absolute Gasteiger partial charge is 0.224 e. The summed E-state index contributed by atoms with van der Waals surface area (Å²) in [6.07, 6.45) is 0. The van der Waals surface area contributed by atoms with Crippen molar-refractivity contribution in [1.82, 2.24) is 10.1 Å². The topological polar surface area (TPSA) is 46.9 Å². The van der Waals surface area contributed by atoms with E-state index in [9.17, 15) is 0 Å². The van der Waals surface area contributed by atoms with Gasteiger partial charge in [0.15, 0.2) is 0 Å². The Labute approximate surface area is 59.2 Å². The van der Waals surface area contributed by atoms with E-state index in [1.54, 1.807) is 7.05 Å². The van der Waals surface area contributed by atoms with Crippen LogP contribution in [0.2, 0.25) is 0 Å². The fraction of sp³-hybridized carbons (Fsp3) is 0.750. The third-order valence-corrected chi connectivity index (χ3v) is 1.45. The third-order valence-electron chi connectivity index (χ3n) is 0.972. The molecule has 0 fully saturated rings. The average Bonchev–Trinajstić information content (AvgIpc) is 1.84. The van der Waals surface area contributed by atoms with Crippen LogP contribution in [-0.4, -0.2) is 39.2 Å². The highest BCUT2D eigenvalue weighted by atomic mass is 32.1. The van der Waals surface area contributed by atoms with Gasteiger partial charge in [0.25, 0.3) is 0 Å². The summed E-state index contributed by atoms with van der Waals surface area (Å²) in [6, 6.07) is 0. The summed E-state index contributed by atoms with van der Waals surface area (Å²) >= 11 is 4.55. The minimum Gasteiger partial charge on any atom is -0.349 e. The van der Waals surface area contributed by atoms with Crippen molar-refractivity contribution >= 4 is 17.3 Å². The molecular formula is C4H10N2O2S. The Morgan fingerprint density at radius 1 is 1.56 bits per heavy atom. The van der Waals surface area contributed by atoms with E-state index in [0.29, 0.717) is 6.54 Å². The molecule has 0 aliphatic heterocycles. The summed E-state index contributed by atoms with van der Waals surface area (Å²) in [5, 5.41) is 16.6. The molecular weight excluding hydrogens is 140 g/mol. The largest absolute Gasteiger partial charge is 0.349 e. The van der Waals surface area contributed by atoms with E-state index >= 15 is 0 Å². The lowest BCUT2D eigenvalue weighted by atomic mass is 10.7. The molecule has 0 atom stereocenters. The predicted molar refractivity (Wildman–Crippen MR) is 36.3 cm³/mol. The maximum atomic E-state index is 8.33. The van der Waals surface area contributed by atoms with Crippen LogP contribution in [0, 0.1) is 0 Å². The van der Waals surface area contributed by atoms with Crippen molar-refractivity contribution < 1.29 is 10.4 Å². The van der Waals surface area contributed by atoms with Gasteiger partial charge in [-0.25, -0.2) is 0 Å². The molecule has 0 unspecified atom stereocenters. The number of nitrogens with zero attached hydrogens (tertiary/aromatic N) is 2. The van der Waals surface area contributed by atoms with Crippen LogP contribution in [0.15, 0.2) is 0 Å². The van der Waals surface area contributed by atoms with Crippen molar-refractivity contribution in [3.63, 3.8) is 0 Å². The van der Waals surface area contributed by atoms with Crippen molar-refractivity contribution in [2.45, 2.75) is 6.92 Å². The first kappa shape index (κ1) is 8.61. The van der Waals surface area contributed by atoms with Gasteiger partial charge in [0, 0.05) is 13.6 Å². The van der Waals surface area contributed by atoms with Crippen molar-refractivity contribution in [3.05, 3.63) is 0 Å². The normalized spacial score (nSPS) is 8.89. The molecule has 4 nitrogen and oxygen atoms in total. The Morgan fingerprint density at radius 3 is 2.11 bits per heavy atom. The zero-order valence-electron chi connectivity index (χ0n) is 5.40. The Balaban J connectivity index is 3.73. The van der Waals surface area contributed by atoms with Crippen molar-refractivity contribution in [3.8, 4) is 0 Å². The zero-order valence-corrected chi connectivity index (χ0v) is 6.22. The molecule has 0 aromatic carbocycles. The molecule has 0 saturated heterocycles. The van der Waals surface area contributed by atoms with Crippen molar-refractivity contribution in [2.75, 3.05) is 13.6 Å². The van der Waals surface area contributed by atoms with Crippen molar-refractivity contribution in [1.29, 1.82) is 0 Å². The quantitative estimate of drug-likeness (QED) is 0.416. The molecule has 54 valence electrons. The highest BCUT2D eigenvalue weighted by molar-refractivity contribution is 7.80. The van der Waals surface area contributed by atoms with Gasteiger partial charge in [-0.2, -0.15) is 0 Å². The second-order valence-corrected chi connectivity index (χ2v) is 1.95. The molecule has 5 heteroatoms. The first-order valence-electron chi connectivity index (χ1n) is 2.52. The number of hydrogen-bond donors (Lipinski definition) is 2. The lowest BCUT2D eigenvalue weighted by Gasteiger charge is -2.19. The average molecular weight is 150 g/mol. The molecule has 0 saturated carbocycles. The third kappa shape index (κ3) is 2.59. The number of rotatable bonds is 1. The molecule has 0 aromatic heterocycles. The minimum atomic E-state index is -0.0706. The Hall–Kier alpha value is -0.390. The van der Waals surface area contributed by atoms with E-state index in [-0.39, 0.29) is 10.3 Å². The predicted octanol–water partition coefficient (Wildman–Crippen LogP) is 0.303. The lowest BCUT2D eigenvalue weighted by molar-refractivity contribution is -0.248. The standard InChI is InChI=1S/C4H10N2O2S/c1-3-5(2)4(9)6(7)8/h7-8H,3H2,1-2H3. The molecule has 0 heterocycles. The molecule has 0 rings (SSSR count). The van der Waals surface area contributed by atoms with Gasteiger partial charge in [-0.3, -0.25) is 10.4 Å². The van der Waals surface area contributed by atoms with Gasteiger partial charge in [0.2, 0.25) is 5.11 Å². The van der Waals surface area contributed by atoms with Gasteiger partial charge < -0.3 is 4.90 Å². The van der Waals surface area contributed by atoms with Crippen LogP contribution in [0.25, 0.3) is 0 Å². The molecule has 0 aromatic rings. The Kier molecular flexibility index (Phi) is 3.44. The highest BCUT2D eigenvalue weighted by Gasteiger charge is 2.05. The maximum Gasteiger partial charge on any atom is 0.224 e. The van der Waals surface area contributed by atoms with Gasteiger partial charge >= 0.3 is 0 Å². The molecule has 0 amide bonds. The molecule has 0 aliphatic rings. The van der Waals surface area contributed by atoms with Gasteiger partial charge in [-0.05, 0) is 19.1 Å². The van der Waals surface area contributed by atoms with Gasteiger partial charge in [0.1, 0.15) is 0 Å². The van der Waals surface area contributed by atoms with E-state index in [2.05, 4.69) is 12.2 Å². The van der Waals surface area contributed by atoms with E-state index in [0.717, 1.165) is 0 Å². The second-order valence-electron chi connectivity index (χ2n) is 1.59. The monoisotopic (exact) mass is 150 g/mol. The summed E-state index contributed by atoms with van der Waals surface area (Å²) < 4.78 is 0. The zero-order chi connectivity index (χ0) is 7.44. The number of thiocarbonyl (C=S) groups is 1. The van der Waals surface area contributed by atoms with Crippen LogP contribution in [-0.2, 0) is 0 Å². The van der Waals surface area contributed by atoms with Crippen LogP contribution in [0.3, 0.4) is 0 Å². The minimum absolute atomic E-state index is 0.00231. The molecule has 0 aliphatic carbocycles. The molecule has 0 spiro atoms. The fourth-order valence-electron chi connectivity index (χ4n) is 0.288. The van der Waals surface area contributed by atoms with Crippen LogP contribution >= 0.6 is 12.2 Å². The lowest BCUT2D eigenvalue weighted by Crippen LogP contribution is -2.36. The van der Waals surface area contributed by atoms with E-state index < -0.39 is 0 Å². The number of hydrogen-bond acceptors (Lipinski definition) is 3. The van der Waals surface area contributed by atoms with Gasteiger partial charge in [-0.1, -0.05) is 0 Å². The molecule has 0 radical (unpaired) electrons. The van der Waals surface area contributed by atoms with E-state index in [1.807, 2.05) is 6.92 Å². The Morgan fingerprint density at radius 2 is 2.00 bits per heavy atom. The van der Waals surface area contributed by atoms with Gasteiger partial charge in [-0.15, -0.1) is 5.23 Å². The van der Waals surface area contributed by atoms with E-state index in [1.165, 1.54) is 4.90 Å². The molecule has 9 heavy (non-hydrogen) atoms. The highest BCUT2D eigenvalue weighted by Crippen LogP contribution is 1.88. The van der Waals surface area contributed by atoms with Crippen LogP contribution in [0.5, 0.6) is 0 Å². The maximum absolute atomic E-state index is 8.33. The Bertz CT molecular complexity index is 107. The van der Waals surface area contributed by atoms with Crippen LogP contribution in [0.4, 0.5) is 0 Å². The molecule has 0 bridgehead atoms. The first-order valence-corrected chi connectivity index (χ1v) is 2.93. The summed E-state index contributed by atoms with van der Waals surface area (Å²) in [6.45, 7) is 2.51. The summed E-state index contributed by atoms with van der Waals surface area (Å²) in [5.74, 6) is 0. The second kappa shape index (κ2) is 3.60.